The Labute approximate surface area is 77.2 Å². The lowest BCUT2D eigenvalue weighted by Gasteiger charge is -2.33. The second-order valence-electron chi connectivity index (χ2n) is 3.64. The Kier molecular flexibility index (Phi) is 2.22. The van der Waals surface area contributed by atoms with Crippen molar-refractivity contribution in [2.45, 2.75) is 25.4 Å². The van der Waals surface area contributed by atoms with Gasteiger partial charge in [-0.3, -0.25) is 0 Å². The molecular formula is C9H14N2O2. The zero-order valence-electron chi connectivity index (χ0n) is 7.75. The van der Waals surface area contributed by atoms with Gasteiger partial charge in [0.1, 0.15) is 11.9 Å². The lowest BCUT2D eigenvalue weighted by Crippen LogP contribution is -2.43. The minimum atomic E-state index is -0.0812. The van der Waals surface area contributed by atoms with E-state index in [2.05, 4.69) is 17.4 Å². The first kappa shape index (κ1) is 8.56. The number of hydrogen-bond acceptors (Lipinski definition) is 4. The Hall–Kier alpha value is -1.03. The van der Waals surface area contributed by atoms with Gasteiger partial charge in [-0.2, -0.15) is 0 Å². The summed E-state index contributed by atoms with van der Waals surface area (Å²) in [5.41, 5.74) is -0.0812. The van der Waals surface area contributed by atoms with Gasteiger partial charge in [0, 0.05) is 6.07 Å². The van der Waals surface area contributed by atoms with E-state index in [9.17, 15) is 0 Å². The Bertz CT molecular complexity index is 253. The van der Waals surface area contributed by atoms with Crippen LogP contribution in [0.3, 0.4) is 0 Å². The summed E-state index contributed by atoms with van der Waals surface area (Å²) in [5.74, 6) is 0.587. The van der Waals surface area contributed by atoms with Gasteiger partial charge in [-0.1, -0.05) is 0 Å². The average molecular weight is 182 g/mol. The van der Waals surface area contributed by atoms with Crippen LogP contribution >= 0.6 is 0 Å². The molecule has 1 fully saturated rings. The molecule has 2 heterocycles. The Morgan fingerprint density at radius 1 is 1.54 bits per heavy atom. The molecule has 0 bridgehead atoms. The molecule has 1 aromatic rings. The van der Waals surface area contributed by atoms with Gasteiger partial charge in [0.25, 0.3) is 5.88 Å². The maximum atomic E-state index is 5.74. The van der Waals surface area contributed by atoms with Gasteiger partial charge in [0.2, 0.25) is 0 Å². The number of aromatic nitrogens is 1. The van der Waals surface area contributed by atoms with Gasteiger partial charge in [-0.25, -0.2) is 0 Å². The molecule has 1 aliphatic rings. The number of hydrogen-bond donors (Lipinski definition) is 1. The molecule has 72 valence electrons. The third kappa shape index (κ3) is 2.01. The van der Waals surface area contributed by atoms with Crippen molar-refractivity contribution < 1.29 is 9.26 Å². The number of nitrogens with zero attached hydrogens (tertiary/aromatic N) is 1. The van der Waals surface area contributed by atoms with E-state index in [-0.39, 0.29) is 5.60 Å². The van der Waals surface area contributed by atoms with Crippen LogP contribution in [0.15, 0.2) is 16.9 Å². The number of rotatable bonds is 2. The zero-order valence-corrected chi connectivity index (χ0v) is 7.75. The summed E-state index contributed by atoms with van der Waals surface area (Å²) >= 11 is 0. The quantitative estimate of drug-likeness (QED) is 0.746. The predicted octanol–water partition coefficient (Wildman–Crippen LogP) is 1.20. The average Bonchev–Trinajstić information content (AvgIpc) is 2.57. The molecule has 1 N–H and O–H groups in total. The van der Waals surface area contributed by atoms with Gasteiger partial charge in [-0.15, -0.1) is 0 Å². The van der Waals surface area contributed by atoms with Crippen molar-refractivity contribution in [3.8, 4) is 5.88 Å². The highest BCUT2D eigenvalue weighted by molar-refractivity contribution is 5.05. The second kappa shape index (κ2) is 3.38. The Morgan fingerprint density at radius 2 is 2.31 bits per heavy atom. The van der Waals surface area contributed by atoms with Crippen LogP contribution in [0.1, 0.15) is 19.8 Å². The van der Waals surface area contributed by atoms with Crippen LogP contribution in [0, 0.1) is 0 Å². The summed E-state index contributed by atoms with van der Waals surface area (Å²) < 4.78 is 10.4. The monoisotopic (exact) mass is 182 g/mol. The van der Waals surface area contributed by atoms with Gasteiger partial charge in [-0.05, 0) is 38.0 Å². The minimum absolute atomic E-state index is 0.0812. The van der Waals surface area contributed by atoms with E-state index in [1.807, 2.05) is 0 Å². The van der Waals surface area contributed by atoms with E-state index in [0.29, 0.717) is 5.88 Å². The molecule has 13 heavy (non-hydrogen) atoms. The molecule has 4 nitrogen and oxygen atoms in total. The molecule has 0 aromatic carbocycles. The maximum Gasteiger partial charge on any atom is 0.254 e. The van der Waals surface area contributed by atoms with Crippen LogP contribution in [0.2, 0.25) is 0 Å². The van der Waals surface area contributed by atoms with Crippen LogP contribution in [0.5, 0.6) is 5.88 Å². The first-order valence-corrected chi connectivity index (χ1v) is 4.59. The highest BCUT2D eigenvalue weighted by atomic mass is 16.5. The minimum Gasteiger partial charge on any atom is -0.469 e. The fraction of sp³-hybridized carbons (Fsp3) is 0.667. The molecule has 2 rings (SSSR count). The topological polar surface area (TPSA) is 47.3 Å². The normalized spacial score (nSPS) is 21.3. The summed E-state index contributed by atoms with van der Waals surface area (Å²) in [7, 11) is 0. The first-order valence-electron chi connectivity index (χ1n) is 4.59. The fourth-order valence-electron chi connectivity index (χ4n) is 1.56. The van der Waals surface area contributed by atoms with Crippen molar-refractivity contribution in [1.82, 2.24) is 10.5 Å². The molecule has 1 saturated heterocycles. The number of ether oxygens (including phenoxy) is 1. The summed E-state index contributed by atoms with van der Waals surface area (Å²) in [6.07, 6.45) is 3.56. The molecule has 0 radical (unpaired) electrons. The molecule has 1 aromatic heterocycles. The predicted molar refractivity (Wildman–Crippen MR) is 47.6 cm³/mol. The van der Waals surface area contributed by atoms with E-state index < -0.39 is 0 Å². The van der Waals surface area contributed by atoms with E-state index >= 15 is 0 Å². The first-order chi connectivity index (χ1) is 6.29. The summed E-state index contributed by atoms with van der Waals surface area (Å²) in [5, 5.41) is 7.03. The lowest BCUT2D eigenvalue weighted by atomic mass is 9.95. The third-order valence-electron chi connectivity index (χ3n) is 2.43. The Balaban J connectivity index is 1.99. The van der Waals surface area contributed by atoms with E-state index in [1.54, 1.807) is 6.07 Å². The van der Waals surface area contributed by atoms with Crippen molar-refractivity contribution >= 4 is 0 Å². The zero-order chi connectivity index (χ0) is 9.15. The van der Waals surface area contributed by atoms with Crippen molar-refractivity contribution in [3.63, 3.8) is 0 Å². The third-order valence-corrected chi connectivity index (χ3v) is 2.43. The molecule has 0 atom stereocenters. The van der Waals surface area contributed by atoms with Crippen molar-refractivity contribution in [1.29, 1.82) is 0 Å². The molecule has 4 heteroatoms. The highest BCUT2D eigenvalue weighted by Crippen LogP contribution is 2.24. The van der Waals surface area contributed by atoms with Crippen molar-refractivity contribution in [2.24, 2.45) is 0 Å². The van der Waals surface area contributed by atoms with Crippen molar-refractivity contribution in [2.75, 3.05) is 13.1 Å². The molecule has 0 amide bonds. The van der Waals surface area contributed by atoms with Crippen LogP contribution in [0.4, 0.5) is 0 Å². The summed E-state index contributed by atoms with van der Waals surface area (Å²) in [6.45, 7) is 4.13. The number of nitrogens with one attached hydrogen (secondary N) is 1. The van der Waals surface area contributed by atoms with E-state index in [1.165, 1.54) is 6.26 Å². The van der Waals surface area contributed by atoms with Gasteiger partial charge < -0.3 is 14.6 Å². The van der Waals surface area contributed by atoms with Crippen LogP contribution in [-0.4, -0.2) is 23.8 Å². The smallest absolute Gasteiger partial charge is 0.254 e. The highest BCUT2D eigenvalue weighted by Gasteiger charge is 2.29. The molecule has 1 aliphatic heterocycles. The molecule has 0 unspecified atom stereocenters. The molecule has 0 spiro atoms. The summed E-state index contributed by atoms with van der Waals surface area (Å²) in [4.78, 5) is 0. The SMILES string of the molecule is CC1(Oc2ccon2)CCNCC1. The van der Waals surface area contributed by atoms with Crippen LogP contribution < -0.4 is 10.1 Å². The second-order valence-corrected chi connectivity index (χ2v) is 3.64. The largest absolute Gasteiger partial charge is 0.469 e. The molecule has 0 aliphatic carbocycles. The van der Waals surface area contributed by atoms with Gasteiger partial charge in [0.05, 0.1) is 0 Å². The Morgan fingerprint density at radius 3 is 2.92 bits per heavy atom. The van der Waals surface area contributed by atoms with E-state index in [0.717, 1.165) is 25.9 Å². The maximum absolute atomic E-state index is 5.74. The summed E-state index contributed by atoms with van der Waals surface area (Å²) in [6, 6.07) is 1.74. The van der Waals surface area contributed by atoms with Gasteiger partial charge in [0.15, 0.2) is 0 Å². The van der Waals surface area contributed by atoms with Crippen LogP contribution in [0.25, 0.3) is 0 Å². The van der Waals surface area contributed by atoms with Crippen molar-refractivity contribution in [3.05, 3.63) is 12.3 Å². The van der Waals surface area contributed by atoms with Crippen LogP contribution in [-0.2, 0) is 0 Å². The standard InChI is InChI=1S/C9H14N2O2/c1-9(3-5-10-6-4-9)13-8-2-7-12-11-8/h2,7,10H,3-6H2,1H3. The fourth-order valence-corrected chi connectivity index (χ4v) is 1.56. The molecular weight excluding hydrogens is 168 g/mol. The van der Waals surface area contributed by atoms with Gasteiger partial charge >= 0.3 is 0 Å². The lowest BCUT2D eigenvalue weighted by molar-refractivity contribution is 0.0472. The molecule has 0 saturated carbocycles. The van der Waals surface area contributed by atoms with E-state index in [4.69, 9.17) is 9.26 Å². The number of piperidine rings is 1.